The van der Waals surface area contributed by atoms with Crippen molar-refractivity contribution in [3.8, 4) is 0 Å². The predicted molar refractivity (Wildman–Crippen MR) is 62.3 cm³/mol. The lowest BCUT2D eigenvalue weighted by Crippen LogP contribution is -2.23. The highest BCUT2D eigenvalue weighted by molar-refractivity contribution is 6.31. The van der Waals surface area contributed by atoms with Crippen LogP contribution in [-0.4, -0.2) is 26.4 Å². The average molecular weight is 240 g/mol. The van der Waals surface area contributed by atoms with Crippen molar-refractivity contribution in [2.45, 2.75) is 6.04 Å². The Morgan fingerprint density at radius 1 is 1.38 bits per heavy atom. The molecule has 0 radical (unpaired) electrons. The summed E-state index contributed by atoms with van der Waals surface area (Å²) in [7, 11) is 5.72. The van der Waals surface area contributed by atoms with Crippen molar-refractivity contribution in [3.05, 3.63) is 35.1 Å². The molecule has 1 N–H and O–H groups in total. The number of aromatic nitrogens is 4. The summed E-state index contributed by atoms with van der Waals surface area (Å²) in [6.45, 7) is 0. The summed E-state index contributed by atoms with van der Waals surface area (Å²) in [6, 6.07) is -0.00694. The third kappa shape index (κ3) is 1.72. The lowest BCUT2D eigenvalue weighted by Gasteiger charge is -2.17. The fraction of sp³-hybridized carbons (Fsp3) is 0.400. The van der Waals surface area contributed by atoms with Gasteiger partial charge < -0.3 is 9.88 Å². The molecule has 6 heteroatoms. The van der Waals surface area contributed by atoms with Crippen LogP contribution in [-0.2, 0) is 14.1 Å². The molecule has 0 aromatic carbocycles. The number of imidazole rings is 1. The zero-order valence-corrected chi connectivity index (χ0v) is 10.2. The highest BCUT2D eigenvalue weighted by Gasteiger charge is 2.21. The Kier molecular flexibility index (Phi) is 2.98. The van der Waals surface area contributed by atoms with Crippen LogP contribution in [0, 0.1) is 0 Å². The van der Waals surface area contributed by atoms with E-state index in [0.717, 1.165) is 11.4 Å². The standard InChI is InChI=1S/C10H14ClN5/c1-12-9(8-5-13-6-15(8)2)10-7(11)4-14-16(10)3/h4-6,9,12H,1-3H3. The summed E-state index contributed by atoms with van der Waals surface area (Å²) in [5.41, 5.74) is 1.99. The van der Waals surface area contributed by atoms with Crippen LogP contribution in [0.4, 0.5) is 0 Å². The second kappa shape index (κ2) is 4.27. The Bertz CT molecular complexity index is 468. The molecular weight excluding hydrogens is 226 g/mol. The quantitative estimate of drug-likeness (QED) is 0.873. The van der Waals surface area contributed by atoms with E-state index in [1.54, 1.807) is 17.2 Å². The number of nitrogens with one attached hydrogen (secondary N) is 1. The van der Waals surface area contributed by atoms with Crippen molar-refractivity contribution in [1.82, 2.24) is 24.6 Å². The van der Waals surface area contributed by atoms with Gasteiger partial charge in [0.1, 0.15) is 0 Å². The molecule has 5 nitrogen and oxygen atoms in total. The average Bonchev–Trinajstić information content (AvgIpc) is 2.80. The zero-order chi connectivity index (χ0) is 11.7. The molecule has 0 saturated carbocycles. The van der Waals surface area contributed by atoms with Crippen LogP contribution in [0.15, 0.2) is 18.7 Å². The van der Waals surface area contributed by atoms with Crippen molar-refractivity contribution in [3.63, 3.8) is 0 Å². The van der Waals surface area contributed by atoms with Gasteiger partial charge in [0.2, 0.25) is 0 Å². The monoisotopic (exact) mass is 239 g/mol. The number of halogens is 1. The molecule has 0 aliphatic carbocycles. The molecule has 0 fully saturated rings. The number of hydrogen-bond acceptors (Lipinski definition) is 3. The van der Waals surface area contributed by atoms with Crippen LogP contribution in [0.25, 0.3) is 0 Å². The summed E-state index contributed by atoms with van der Waals surface area (Å²) in [4.78, 5) is 4.11. The lowest BCUT2D eigenvalue weighted by molar-refractivity contribution is 0.577. The number of rotatable bonds is 3. The second-order valence-corrected chi connectivity index (χ2v) is 4.06. The third-order valence-corrected chi connectivity index (χ3v) is 2.94. The van der Waals surface area contributed by atoms with Crippen LogP contribution in [0.1, 0.15) is 17.4 Å². The fourth-order valence-corrected chi connectivity index (χ4v) is 2.09. The van der Waals surface area contributed by atoms with Crippen molar-refractivity contribution in [2.75, 3.05) is 7.05 Å². The van der Waals surface area contributed by atoms with Crippen molar-refractivity contribution in [1.29, 1.82) is 0 Å². The maximum Gasteiger partial charge on any atom is 0.0946 e. The maximum atomic E-state index is 6.13. The minimum atomic E-state index is -0.00694. The normalized spacial score (nSPS) is 13.0. The van der Waals surface area contributed by atoms with E-state index in [0.29, 0.717) is 5.02 Å². The Morgan fingerprint density at radius 3 is 2.56 bits per heavy atom. The number of aryl methyl sites for hydroxylation is 2. The van der Waals surface area contributed by atoms with Gasteiger partial charge in [0, 0.05) is 14.1 Å². The molecule has 0 spiro atoms. The van der Waals surface area contributed by atoms with E-state index >= 15 is 0 Å². The molecule has 0 amide bonds. The Hall–Kier alpha value is -1.33. The third-order valence-electron chi connectivity index (χ3n) is 2.65. The minimum absolute atomic E-state index is 0.00694. The van der Waals surface area contributed by atoms with Crippen LogP contribution in [0.3, 0.4) is 0 Å². The van der Waals surface area contributed by atoms with Gasteiger partial charge in [-0.05, 0) is 7.05 Å². The SMILES string of the molecule is CNC(c1cncn1C)c1c(Cl)cnn1C. The molecule has 0 bridgehead atoms. The molecular formula is C10H14ClN5. The van der Waals surface area contributed by atoms with Gasteiger partial charge in [-0.25, -0.2) is 4.98 Å². The second-order valence-electron chi connectivity index (χ2n) is 3.65. The van der Waals surface area contributed by atoms with Gasteiger partial charge in [0.25, 0.3) is 0 Å². The first-order valence-corrected chi connectivity index (χ1v) is 5.33. The van der Waals surface area contributed by atoms with E-state index in [4.69, 9.17) is 11.6 Å². The van der Waals surface area contributed by atoms with Crippen molar-refractivity contribution >= 4 is 11.6 Å². The molecule has 2 heterocycles. The summed E-state index contributed by atoms with van der Waals surface area (Å²) in [6.07, 6.45) is 5.24. The van der Waals surface area contributed by atoms with Crippen LogP contribution in [0.2, 0.25) is 5.02 Å². The van der Waals surface area contributed by atoms with Gasteiger partial charge in [0.15, 0.2) is 0 Å². The van der Waals surface area contributed by atoms with Crippen LogP contribution < -0.4 is 5.32 Å². The summed E-state index contributed by atoms with van der Waals surface area (Å²) >= 11 is 6.13. The molecule has 2 aromatic heterocycles. The van der Waals surface area contributed by atoms with E-state index < -0.39 is 0 Å². The minimum Gasteiger partial charge on any atom is -0.336 e. The van der Waals surface area contributed by atoms with Gasteiger partial charge in [-0.1, -0.05) is 11.6 Å². The number of nitrogens with zero attached hydrogens (tertiary/aromatic N) is 4. The summed E-state index contributed by atoms with van der Waals surface area (Å²) < 4.78 is 3.74. The van der Waals surface area contributed by atoms with Gasteiger partial charge in [-0.2, -0.15) is 5.10 Å². The molecule has 86 valence electrons. The van der Waals surface area contributed by atoms with E-state index in [1.165, 1.54) is 0 Å². The molecule has 1 unspecified atom stereocenters. The maximum absolute atomic E-state index is 6.13. The van der Waals surface area contributed by atoms with E-state index in [2.05, 4.69) is 15.4 Å². The van der Waals surface area contributed by atoms with Crippen molar-refractivity contribution in [2.24, 2.45) is 14.1 Å². The van der Waals surface area contributed by atoms with Gasteiger partial charge in [-0.3, -0.25) is 4.68 Å². The Balaban J connectivity index is 2.49. The molecule has 0 aliphatic heterocycles. The topological polar surface area (TPSA) is 47.7 Å². The van der Waals surface area contributed by atoms with E-state index in [1.807, 2.05) is 31.9 Å². The fourth-order valence-electron chi connectivity index (χ4n) is 1.82. The molecule has 16 heavy (non-hydrogen) atoms. The Morgan fingerprint density at radius 2 is 2.12 bits per heavy atom. The zero-order valence-electron chi connectivity index (χ0n) is 9.48. The first-order chi connectivity index (χ1) is 7.65. The van der Waals surface area contributed by atoms with E-state index in [-0.39, 0.29) is 6.04 Å². The van der Waals surface area contributed by atoms with Crippen LogP contribution >= 0.6 is 11.6 Å². The summed E-state index contributed by atoms with van der Waals surface area (Å²) in [5.74, 6) is 0. The smallest absolute Gasteiger partial charge is 0.0946 e. The van der Waals surface area contributed by atoms with Gasteiger partial charge >= 0.3 is 0 Å². The lowest BCUT2D eigenvalue weighted by atomic mass is 10.1. The predicted octanol–water partition coefficient (Wildman–Crippen LogP) is 1.12. The Labute approximate surface area is 99.0 Å². The first-order valence-electron chi connectivity index (χ1n) is 4.96. The van der Waals surface area contributed by atoms with Gasteiger partial charge in [0.05, 0.1) is 41.2 Å². The van der Waals surface area contributed by atoms with Crippen molar-refractivity contribution < 1.29 is 0 Å². The number of hydrogen-bond donors (Lipinski definition) is 1. The molecule has 0 aliphatic rings. The molecule has 1 atom stereocenters. The summed E-state index contributed by atoms with van der Waals surface area (Å²) in [5, 5.41) is 8.02. The molecule has 0 saturated heterocycles. The first kappa shape index (κ1) is 11.2. The largest absolute Gasteiger partial charge is 0.336 e. The van der Waals surface area contributed by atoms with Crippen LogP contribution in [0.5, 0.6) is 0 Å². The molecule has 2 rings (SSSR count). The van der Waals surface area contributed by atoms with E-state index in [9.17, 15) is 0 Å². The van der Waals surface area contributed by atoms with Gasteiger partial charge in [-0.15, -0.1) is 0 Å². The molecule has 2 aromatic rings. The highest BCUT2D eigenvalue weighted by atomic mass is 35.5. The highest BCUT2D eigenvalue weighted by Crippen LogP contribution is 2.26.